The van der Waals surface area contributed by atoms with E-state index in [0.29, 0.717) is 6.42 Å². The van der Waals surface area contributed by atoms with Crippen LogP contribution in [-0.2, 0) is 11.2 Å². The van der Waals surface area contributed by atoms with Gasteiger partial charge in [-0.1, -0.05) is 12.1 Å². The van der Waals surface area contributed by atoms with E-state index in [0.717, 1.165) is 30.1 Å². The molecule has 0 aromatic carbocycles. The first kappa shape index (κ1) is 15.9. The quantitative estimate of drug-likeness (QED) is 0.942. The van der Waals surface area contributed by atoms with Gasteiger partial charge in [0.05, 0.1) is 12.5 Å². The molecule has 1 unspecified atom stereocenters. The Morgan fingerprint density at radius 3 is 3.05 bits per heavy atom. The van der Waals surface area contributed by atoms with E-state index < -0.39 is 0 Å². The maximum atomic E-state index is 12.5. The smallest absolute Gasteiger partial charge is 0.228 e. The fourth-order valence-corrected chi connectivity index (χ4v) is 3.23. The van der Waals surface area contributed by atoms with Crippen LogP contribution in [0.25, 0.3) is 0 Å². The third kappa shape index (κ3) is 3.81. The van der Waals surface area contributed by atoms with Crippen molar-refractivity contribution >= 4 is 29.7 Å². The van der Waals surface area contributed by atoms with Gasteiger partial charge in [0.25, 0.3) is 0 Å². The Hall–Kier alpha value is -1.43. The summed E-state index contributed by atoms with van der Waals surface area (Å²) in [6, 6.07) is 8.06. The molecule has 1 atom stereocenters. The van der Waals surface area contributed by atoms with Crippen LogP contribution in [0, 0.1) is 0 Å². The van der Waals surface area contributed by atoms with Gasteiger partial charge in [0.15, 0.2) is 0 Å². The number of nitrogens with zero attached hydrogens (tertiary/aromatic N) is 2. The molecule has 3 rings (SSSR count). The molecule has 0 radical (unpaired) electrons. The number of rotatable bonds is 3. The van der Waals surface area contributed by atoms with E-state index in [2.05, 4.69) is 10.3 Å². The number of hydrogen-bond donors (Lipinski definition) is 1. The summed E-state index contributed by atoms with van der Waals surface area (Å²) in [5.41, 5.74) is 1.10. The monoisotopic (exact) mass is 323 g/mol. The fraction of sp³-hybridized carbons (Fsp3) is 0.333. The number of aromatic nitrogens is 1. The Morgan fingerprint density at radius 1 is 1.43 bits per heavy atom. The first-order valence-electron chi connectivity index (χ1n) is 6.77. The third-order valence-electron chi connectivity index (χ3n) is 3.54. The van der Waals surface area contributed by atoms with E-state index in [-0.39, 0.29) is 24.4 Å². The van der Waals surface area contributed by atoms with Crippen molar-refractivity contribution < 1.29 is 4.79 Å². The topological polar surface area (TPSA) is 45.2 Å². The van der Waals surface area contributed by atoms with Crippen LogP contribution in [0.15, 0.2) is 42.0 Å². The summed E-state index contributed by atoms with van der Waals surface area (Å²) in [6.07, 6.45) is 4.11. The Kier molecular flexibility index (Phi) is 5.73. The molecule has 1 aliphatic heterocycles. The molecule has 21 heavy (non-hydrogen) atoms. The number of halogens is 1. The van der Waals surface area contributed by atoms with Gasteiger partial charge < -0.3 is 10.2 Å². The third-order valence-corrected chi connectivity index (χ3v) is 4.41. The zero-order chi connectivity index (χ0) is 13.8. The number of thiophene rings is 1. The van der Waals surface area contributed by atoms with Crippen molar-refractivity contribution in [3.8, 4) is 0 Å². The Morgan fingerprint density at radius 2 is 2.33 bits per heavy atom. The zero-order valence-corrected chi connectivity index (χ0v) is 13.2. The van der Waals surface area contributed by atoms with E-state index in [4.69, 9.17) is 0 Å². The van der Waals surface area contributed by atoms with E-state index in [1.165, 1.54) is 0 Å². The molecule has 1 amide bonds. The number of amides is 1. The van der Waals surface area contributed by atoms with Gasteiger partial charge in [-0.3, -0.25) is 9.78 Å². The lowest BCUT2D eigenvalue weighted by Crippen LogP contribution is -2.49. The SMILES string of the molecule is Cl.O=C(Cc1cccs1)N1CCNCC1c1cccnc1. The average Bonchev–Trinajstić information content (AvgIpc) is 3.01. The summed E-state index contributed by atoms with van der Waals surface area (Å²) >= 11 is 1.64. The van der Waals surface area contributed by atoms with Crippen molar-refractivity contribution in [1.29, 1.82) is 0 Å². The van der Waals surface area contributed by atoms with Crippen molar-refractivity contribution in [1.82, 2.24) is 15.2 Å². The van der Waals surface area contributed by atoms with E-state index in [1.54, 1.807) is 17.5 Å². The Balaban J connectivity index is 0.00000161. The molecule has 0 bridgehead atoms. The predicted octanol–water partition coefficient (Wildman–Crippen LogP) is 2.28. The van der Waals surface area contributed by atoms with Crippen molar-refractivity contribution in [2.45, 2.75) is 12.5 Å². The summed E-state index contributed by atoms with van der Waals surface area (Å²) in [4.78, 5) is 19.8. The lowest BCUT2D eigenvalue weighted by Gasteiger charge is -2.36. The second-order valence-corrected chi connectivity index (χ2v) is 5.88. The van der Waals surface area contributed by atoms with Gasteiger partial charge in [0, 0.05) is 36.9 Å². The summed E-state index contributed by atoms with van der Waals surface area (Å²) in [7, 11) is 0. The van der Waals surface area contributed by atoms with Crippen LogP contribution < -0.4 is 5.32 Å². The Labute approximate surface area is 134 Å². The fourth-order valence-electron chi connectivity index (χ4n) is 2.54. The molecule has 2 aromatic heterocycles. The number of carbonyl (C=O) groups is 1. The maximum absolute atomic E-state index is 12.5. The molecular formula is C15H18ClN3OS. The van der Waals surface area contributed by atoms with Gasteiger partial charge in [-0.05, 0) is 23.1 Å². The number of piperazine rings is 1. The molecule has 0 aliphatic carbocycles. The van der Waals surface area contributed by atoms with Crippen molar-refractivity contribution in [2.24, 2.45) is 0 Å². The van der Waals surface area contributed by atoms with Gasteiger partial charge >= 0.3 is 0 Å². The first-order valence-corrected chi connectivity index (χ1v) is 7.65. The highest BCUT2D eigenvalue weighted by molar-refractivity contribution is 7.10. The average molecular weight is 324 g/mol. The zero-order valence-electron chi connectivity index (χ0n) is 11.6. The van der Waals surface area contributed by atoms with Crippen LogP contribution in [0.4, 0.5) is 0 Å². The van der Waals surface area contributed by atoms with Crippen LogP contribution in [0.3, 0.4) is 0 Å². The number of hydrogen-bond acceptors (Lipinski definition) is 4. The van der Waals surface area contributed by atoms with Crippen LogP contribution in [0.1, 0.15) is 16.5 Å². The molecule has 0 spiro atoms. The standard InChI is InChI=1S/C15H17N3OS.ClH/c19-15(9-13-4-2-8-20-13)18-7-6-17-11-14(18)12-3-1-5-16-10-12;/h1-5,8,10,14,17H,6-7,9,11H2;1H. The van der Waals surface area contributed by atoms with Gasteiger partial charge in [-0.2, -0.15) is 0 Å². The van der Waals surface area contributed by atoms with Crippen LogP contribution in [0.2, 0.25) is 0 Å². The van der Waals surface area contributed by atoms with Gasteiger partial charge in [0.1, 0.15) is 0 Å². The molecule has 1 N–H and O–H groups in total. The molecular weight excluding hydrogens is 306 g/mol. The maximum Gasteiger partial charge on any atom is 0.228 e. The first-order chi connectivity index (χ1) is 9.84. The summed E-state index contributed by atoms with van der Waals surface area (Å²) in [6.45, 7) is 2.40. The molecule has 112 valence electrons. The lowest BCUT2D eigenvalue weighted by molar-refractivity contribution is -0.133. The highest BCUT2D eigenvalue weighted by Gasteiger charge is 2.27. The minimum absolute atomic E-state index is 0. The predicted molar refractivity (Wildman–Crippen MR) is 86.8 cm³/mol. The molecule has 6 heteroatoms. The number of carbonyl (C=O) groups excluding carboxylic acids is 1. The highest BCUT2D eigenvalue weighted by atomic mass is 35.5. The minimum Gasteiger partial charge on any atom is -0.333 e. The second-order valence-electron chi connectivity index (χ2n) is 4.85. The van der Waals surface area contributed by atoms with Crippen LogP contribution >= 0.6 is 23.7 Å². The summed E-state index contributed by atoms with van der Waals surface area (Å²) < 4.78 is 0. The highest BCUT2D eigenvalue weighted by Crippen LogP contribution is 2.23. The molecule has 3 heterocycles. The number of nitrogens with one attached hydrogen (secondary N) is 1. The van der Waals surface area contributed by atoms with Crippen molar-refractivity contribution in [2.75, 3.05) is 19.6 Å². The lowest BCUT2D eigenvalue weighted by atomic mass is 10.0. The van der Waals surface area contributed by atoms with E-state index in [1.807, 2.05) is 40.7 Å². The van der Waals surface area contributed by atoms with E-state index in [9.17, 15) is 4.79 Å². The Bertz CT molecular complexity index is 562. The van der Waals surface area contributed by atoms with Gasteiger partial charge in [-0.25, -0.2) is 0 Å². The van der Waals surface area contributed by atoms with Crippen molar-refractivity contribution in [3.63, 3.8) is 0 Å². The van der Waals surface area contributed by atoms with Crippen molar-refractivity contribution in [3.05, 3.63) is 52.5 Å². The summed E-state index contributed by atoms with van der Waals surface area (Å²) in [5.74, 6) is 0.197. The summed E-state index contributed by atoms with van der Waals surface area (Å²) in [5, 5.41) is 5.37. The largest absolute Gasteiger partial charge is 0.333 e. The van der Waals surface area contributed by atoms with Crippen LogP contribution in [0.5, 0.6) is 0 Å². The van der Waals surface area contributed by atoms with Gasteiger partial charge in [0.2, 0.25) is 5.91 Å². The molecule has 0 saturated carbocycles. The molecule has 1 saturated heterocycles. The normalized spacial score (nSPS) is 18.1. The van der Waals surface area contributed by atoms with Crippen LogP contribution in [-0.4, -0.2) is 35.4 Å². The number of pyridine rings is 1. The molecule has 2 aromatic rings. The van der Waals surface area contributed by atoms with Gasteiger partial charge in [-0.15, -0.1) is 23.7 Å². The molecule has 1 aliphatic rings. The minimum atomic E-state index is 0. The van der Waals surface area contributed by atoms with E-state index >= 15 is 0 Å². The molecule has 1 fully saturated rings. The second kappa shape index (κ2) is 7.54. The molecule has 4 nitrogen and oxygen atoms in total.